The SMILES string of the molecule is COc1ccc(S(=O)(=O)n2cc(C(F)F)c3c(N4CCN(C(=O)C(Cl)(Cl)Cl)CC4)cccc32)cc1. The van der Waals surface area contributed by atoms with E-state index in [1.165, 1.54) is 42.3 Å². The lowest BCUT2D eigenvalue weighted by Gasteiger charge is -2.37. The molecule has 1 aliphatic heterocycles. The molecule has 1 aromatic heterocycles. The molecule has 2 aromatic carbocycles. The van der Waals surface area contributed by atoms with E-state index in [9.17, 15) is 22.0 Å². The number of hydrogen-bond acceptors (Lipinski definition) is 5. The second-order valence-electron chi connectivity index (χ2n) is 7.81. The van der Waals surface area contributed by atoms with Gasteiger partial charge in [0.1, 0.15) is 5.75 Å². The summed E-state index contributed by atoms with van der Waals surface area (Å²) in [4.78, 5) is 15.4. The summed E-state index contributed by atoms with van der Waals surface area (Å²) in [7, 11) is -2.72. The molecule has 1 amide bonds. The molecule has 1 aliphatic rings. The fourth-order valence-corrected chi connectivity index (χ4v) is 5.82. The van der Waals surface area contributed by atoms with E-state index in [1.54, 1.807) is 17.0 Å². The maximum Gasteiger partial charge on any atom is 0.274 e. The molecule has 1 fully saturated rings. The smallest absolute Gasteiger partial charge is 0.274 e. The number of halogens is 5. The first kappa shape index (κ1) is 25.8. The van der Waals surface area contributed by atoms with E-state index < -0.39 is 31.7 Å². The van der Waals surface area contributed by atoms with Crippen LogP contribution in [0, 0.1) is 0 Å². The number of rotatable bonds is 5. The summed E-state index contributed by atoms with van der Waals surface area (Å²) in [6, 6.07) is 10.4. The Bertz CT molecular complexity index is 1350. The van der Waals surface area contributed by atoms with E-state index in [-0.39, 0.29) is 42.0 Å². The van der Waals surface area contributed by atoms with E-state index >= 15 is 0 Å². The zero-order valence-corrected chi connectivity index (χ0v) is 21.4. The van der Waals surface area contributed by atoms with Gasteiger partial charge in [-0.05, 0) is 36.4 Å². The minimum Gasteiger partial charge on any atom is -0.497 e. The van der Waals surface area contributed by atoms with Crippen LogP contribution in [0.3, 0.4) is 0 Å². The highest BCUT2D eigenvalue weighted by Gasteiger charge is 2.37. The van der Waals surface area contributed by atoms with E-state index in [0.29, 0.717) is 11.4 Å². The standard InChI is InChI=1S/C22H20Cl3F2N3O4S/c1-34-14-5-7-15(8-6-14)35(32,33)30-13-16(20(26)27)19-17(3-2-4-18(19)30)28-9-11-29(12-10-28)21(31)22(23,24)25/h2-8,13,20H,9-12H2,1H3. The van der Waals surface area contributed by atoms with Crippen LogP contribution >= 0.6 is 34.8 Å². The van der Waals surface area contributed by atoms with E-state index in [4.69, 9.17) is 39.5 Å². The Labute approximate surface area is 215 Å². The van der Waals surface area contributed by atoms with Gasteiger partial charge in [-0.3, -0.25) is 4.79 Å². The van der Waals surface area contributed by atoms with Gasteiger partial charge in [-0.25, -0.2) is 21.2 Å². The summed E-state index contributed by atoms with van der Waals surface area (Å²) in [6.07, 6.45) is -1.96. The first-order chi connectivity index (χ1) is 16.4. The highest BCUT2D eigenvalue weighted by atomic mass is 35.6. The van der Waals surface area contributed by atoms with Crippen molar-refractivity contribution in [1.29, 1.82) is 0 Å². The number of benzene rings is 2. The van der Waals surface area contributed by atoms with Gasteiger partial charge >= 0.3 is 0 Å². The van der Waals surface area contributed by atoms with Crippen LogP contribution in [0.5, 0.6) is 5.75 Å². The van der Waals surface area contributed by atoms with Crippen molar-refractivity contribution in [3.05, 3.63) is 54.2 Å². The number of carbonyl (C=O) groups excluding carboxylic acids is 1. The van der Waals surface area contributed by atoms with Crippen LogP contribution in [-0.4, -0.2) is 60.3 Å². The van der Waals surface area contributed by atoms with Crippen LogP contribution < -0.4 is 9.64 Å². The average Bonchev–Trinajstić information content (AvgIpc) is 3.24. The summed E-state index contributed by atoms with van der Waals surface area (Å²) in [5.41, 5.74) is 0.142. The number of alkyl halides is 5. The third kappa shape index (κ3) is 4.89. The molecule has 35 heavy (non-hydrogen) atoms. The van der Waals surface area contributed by atoms with Gasteiger partial charge in [0.05, 0.1) is 17.5 Å². The maximum atomic E-state index is 14.1. The molecule has 0 atom stereocenters. The predicted octanol–water partition coefficient (Wildman–Crippen LogP) is 4.84. The molecule has 0 radical (unpaired) electrons. The summed E-state index contributed by atoms with van der Waals surface area (Å²) in [6.45, 7) is 0.978. The number of piperazine rings is 1. The topological polar surface area (TPSA) is 71.9 Å². The van der Waals surface area contributed by atoms with Gasteiger partial charge in [-0.1, -0.05) is 40.9 Å². The lowest BCUT2D eigenvalue weighted by molar-refractivity contribution is -0.130. The maximum absolute atomic E-state index is 14.1. The van der Waals surface area contributed by atoms with Gasteiger partial charge in [0.15, 0.2) is 0 Å². The van der Waals surface area contributed by atoms with Crippen molar-refractivity contribution in [2.75, 3.05) is 38.2 Å². The highest BCUT2D eigenvalue weighted by molar-refractivity contribution is 7.90. The Morgan fingerprint density at radius 1 is 1.03 bits per heavy atom. The Kier molecular flexibility index (Phi) is 7.11. The molecule has 13 heteroatoms. The molecule has 7 nitrogen and oxygen atoms in total. The normalized spacial score (nSPS) is 15.2. The quantitative estimate of drug-likeness (QED) is 0.413. The molecule has 0 saturated carbocycles. The number of nitrogens with zero attached hydrogens (tertiary/aromatic N) is 3. The third-order valence-electron chi connectivity index (χ3n) is 5.80. The van der Waals surface area contributed by atoms with Crippen LogP contribution in [0.15, 0.2) is 53.6 Å². The number of aromatic nitrogens is 1. The molecule has 4 rings (SSSR count). The molecule has 0 unspecified atom stereocenters. The zero-order valence-electron chi connectivity index (χ0n) is 18.3. The van der Waals surface area contributed by atoms with Crippen molar-refractivity contribution < 1.29 is 26.7 Å². The monoisotopic (exact) mass is 565 g/mol. The van der Waals surface area contributed by atoms with Crippen LogP contribution in [0.2, 0.25) is 0 Å². The molecule has 1 saturated heterocycles. The van der Waals surface area contributed by atoms with Gasteiger partial charge in [0.2, 0.25) is 0 Å². The Morgan fingerprint density at radius 2 is 1.66 bits per heavy atom. The largest absolute Gasteiger partial charge is 0.497 e. The number of hydrogen-bond donors (Lipinski definition) is 0. The summed E-state index contributed by atoms with van der Waals surface area (Å²) >= 11 is 17.1. The van der Waals surface area contributed by atoms with Crippen molar-refractivity contribution in [3.8, 4) is 5.75 Å². The van der Waals surface area contributed by atoms with Gasteiger partial charge in [-0.2, -0.15) is 0 Å². The fraction of sp³-hybridized carbons (Fsp3) is 0.318. The number of ether oxygens (including phenoxy) is 1. The molecule has 188 valence electrons. The van der Waals surface area contributed by atoms with Crippen molar-refractivity contribution in [2.45, 2.75) is 15.1 Å². The summed E-state index contributed by atoms with van der Waals surface area (Å²) in [5, 5.41) is 0.126. The second-order valence-corrected chi connectivity index (χ2v) is 11.9. The van der Waals surface area contributed by atoms with E-state index in [1.807, 2.05) is 0 Å². The number of amides is 1. The van der Waals surface area contributed by atoms with Gasteiger partial charge in [0.25, 0.3) is 26.1 Å². The zero-order chi connectivity index (χ0) is 25.5. The number of fused-ring (bicyclic) bond motifs is 1. The average molecular weight is 567 g/mol. The summed E-state index contributed by atoms with van der Waals surface area (Å²) in [5.74, 6) is -0.199. The van der Waals surface area contributed by atoms with Gasteiger partial charge in [-0.15, -0.1) is 0 Å². The van der Waals surface area contributed by atoms with Crippen LogP contribution in [0.25, 0.3) is 10.9 Å². The molecule has 0 bridgehead atoms. The van der Waals surface area contributed by atoms with Crippen LogP contribution in [0.4, 0.5) is 14.5 Å². The molecular weight excluding hydrogens is 547 g/mol. The first-order valence-corrected chi connectivity index (χ1v) is 13.0. The molecule has 0 spiro atoms. The van der Waals surface area contributed by atoms with Crippen molar-refractivity contribution in [2.24, 2.45) is 0 Å². The van der Waals surface area contributed by atoms with E-state index in [2.05, 4.69) is 0 Å². The minimum absolute atomic E-state index is 0.0692. The first-order valence-electron chi connectivity index (χ1n) is 10.4. The number of carbonyl (C=O) groups is 1. The highest BCUT2D eigenvalue weighted by Crippen LogP contribution is 2.39. The third-order valence-corrected chi connectivity index (χ3v) is 7.98. The lowest BCUT2D eigenvalue weighted by atomic mass is 10.1. The van der Waals surface area contributed by atoms with Gasteiger partial charge in [0, 0.05) is 49.0 Å². The Morgan fingerprint density at radius 3 is 2.20 bits per heavy atom. The minimum atomic E-state index is -4.17. The van der Waals surface area contributed by atoms with Crippen molar-refractivity contribution in [3.63, 3.8) is 0 Å². The molecule has 0 N–H and O–H groups in total. The van der Waals surface area contributed by atoms with Crippen LogP contribution in [-0.2, 0) is 14.8 Å². The second kappa shape index (κ2) is 9.65. The number of anilines is 1. The lowest BCUT2D eigenvalue weighted by Crippen LogP contribution is -2.51. The predicted molar refractivity (Wildman–Crippen MR) is 132 cm³/mol. The molecule has 3 aromatic rings. The molecule has 2 heterocycles. The Balaban J connectivity index is 1.75. The summed E-state index contributed by atoms with van der Waals surface area (Å²) < 4.78 is 58.8. The van der Waals surface area contributed by atoms with Crippen molar-refractivity contribution in [1.82, 2.24) is 8.87 Å². The van der Waals surface area contributed by atoms with Crippen LogP contribution in [0.1, 0.15) is 12.0 Å². The number of methoxy groups -OCH3 is 1. The van der Waals surface area contributed by atoms with Crippen molar-refractivity contribution >= 4 is 67.3 Å². The van der Waals surface area contributed by atoms with Gasteiger partial charge < -0.3 is 14.5 Å². The fourth-order valence-electron chi connectivity index (χ4n) is 4.09. The Hall–Kier alpha value is -2.27. The molecule has 0 aliphatic carbocycles. The molecular formula is C22H20Cl3F2N3O4S. The van der Waals surface area contributed by atoms with E-state index in [0.717, 1.165) is 10.2 Å².